The van der Waals surface area contributed by atoms with Crippen molar-refractivity contribution in [1.29, 1.82) is 0 Å². The molecule has 0 aliphatic rings. The van der Waals surface area contributed by atoms with Crippen LogP contribution in [0.25, 0.3) is 0 Å². The molecular weight excluding hydrogens is 208 g/mol. The number of benzene rings is 1. The molecule has 96 valence electrons. The Hall–Kier alpha value is -0.860. The molecule has 0 saturated heterocycles. The second-order valence-corrected chi connectivity index (χ2v) is 5.26. The molecule has 2 nitrogen and oxygen atoms in total. The van der Waals surface area contributed by atoms with Gasteiger partial charge in [-0.3, -0.25) is 0 Å². The summed E-state index contributed by atoms with van der Waals surface area (Å²) in [5.41, 5.74) is 8.76. The first-order valence-electron chi connectivity index (χ1n) is 6.53. The molecule has 2 atom stereocenters. The SMILES string of the molecule is CCC(C)CN(C)CC(N)c1cccc(C)c1. The van der Waals surface area contributed by atoms with Crippen LogP contribution in [0.3, 0.4) is 0 Å². The fourth-order valence-electron chi connectivity index (χ4n) is 2.08. The van der Waals surface area contributed by atoms with E-state index in [-0.39, 0.29) is 6.04 Å². The van der Waals surface area contributed by atoms with Gasteiger partial charge in [-0.2, -0.15) is 0 Å². The van der Waals surface area contributed by atoms with Gasteiger partial charge in [0.1, 0.15) is 0 Å². The van der Waals surface area contributed by atoms with Crippen LogP contribution in [-0.2, 0) is 0 Å². The molecule has 0 saturated carbocycles. The van der Waals surface area contributed by atoms with Crippen LogP contribution in [0.15, 0.2) is 24.3 Å². The second kappa shape index (κ2) is 6.77. The molecule has 0 spiro atoms. The van der Waals surface area contributed by atoms with E-state index in [0.717, 1.165) is 19.0 Å². The van der Waals surface area contributed by atoms with Crippen LogP contribution in [0.2, 0.25) is 0 Å². The Labute approximate surface area is 106 Å². The van der Waals surface area contributed by atoms with Gasteiger partial charge in [-0.25, -0.2) is 0 Å². The van der Waals surface area contributed by atoms with Crippen LogP contribution < -0.4 is 5.73 Å². The molecule has 1 rings (SSSR count). The minimum Gasteiger partial charge on any atom is -0.323 e. The lowest BCUT2D eigenvalue weighted by molar-refractivity contribution is 0.267. The predicted molar refractivity (Wildman–Crippen MR) is 75.1 cm³/mol. The van der Waals surface area contributed by atoms with Gasteiger partial charge >= 0.3 is 0 Å². The van der Waals surface area contributed by atoms with Crippen molar-refractivity contribution >= 4 is 0 Å². The summed E-state index contributed by atoms with van der Waals surface area (Å²) in [5, 5.41) is 0. The minimum absolute atomic E-state index is 0.115. The highest BCUT2D eigenvalue weighted by molar-refractivity contribution is 5.24. The summed E-state index contributed by atoms with van der Waals surface area (Å²) in [7, 11) is 2.15. The van der Waals surface area contributed by atoms with Crippen molar-refractivity contribution in [3.05, 3.63) is 35.4 Å². The molecule has 0 fully saturated rings. The molecule has 0 aliphatic carbocycles. The Balaban J connectivity index is 2.51. The van der Waals surface area contributed by atoms with Crippen molar-refractivity contribution in [3.8, 4) is 0 Å². The Morgan fingerprint density at radius 1 is 1.29 bits per heavy atom. The van der Waals surface area contributed by atoms with Gasteiger partial charge in [0, 0.05) is 19.1 Å². The fourth-order valence-corrected chi connectivity index (χ4v) is 2.08. The van der Waals surface area contributed by atoms with Gasteiger partial charge in [0.05, 0.1) is 0 Å². The normalized spacial score (nSPS) is 14.9. The molecule has 0 amide bonds. The van der Waals surface area contributed by atoms with E-state index in [1.165, 1.54) is 17.5 Å². The van der Waals surface area contributed by atoms with Crippen LogP contribution in [0.4, 0.5) is 0 Å². The Bertz CT molecular complexity index is 335. The first-order chi connectivity index (χ1) is 8.02. The molecule has 0 aromatic heterocycles. The largest absolute Gasteiger partial charge is 0.323 e. The summed E-state index contributed by atoms with van der Waals surface area (Å²) in [6.07, 6.45) is 1.23. The molecule has 0 aliphatic heterocycles. The summed E-state index contributed by atoms with van der Waals surface area (Å²) < 4.78 is 0. The van der Waals surface area contributed by atoms with Gasteiger partial charge in [0.25, 0.3) is 0 Å². The standard InChI is InChI=1S/C15H26N2/c1-5-12(2)10-17(4)11-15(16)14-8-6-7-13(3)9-14/h6-9,12,15H,5,10-11,16H2,1-4H3. The zero-order chi connectivity index (χ0) is 12.8. The molecule has 2 heteroatoms. The van der Waals surface area contributed by atoms with Gasteiger partial charge in [0.15, 0.2) is 0 Å². The highest BCUT2D eigenvalue weighted by Crippen LogP contribution is 2.14. The summed E-state index contributed by atoms with van der Waals surface area (Å²) >= 11 is 0. The van der Waals surface area contributed by atoms with E-state index >= 15 is 0 Å². The maximum atomic E-state index is 6.24. The fraction of sp³-hybridized carbons (Fsp3) is 0.600. The smallest absolute Gasteiger partial charge is 0.0424 e. The molecule has 0 bridgehead atoms. The van der Waals surface area contributed by atoms with Crippen molar-refractivity contribution in [2.24, 2.45) is 11.7 Å². The lowest BCUT2D eigenvalue weighted by Crippen LogP contribution is -2.32. The average molecular weight is 234 g/mol. The predicted octanol–water partition coefficient (Wildman–Crippen LogP) is 2.97. The van der Waals surface area contributed by atoms with Crippen molar-refractivity contribution in [2.75, 3.05) is 20.1 Å². The summed E-state index contributed by atoms with van der Waals surface area (Å²) in [6.45, 7) is 8.68. The lowest BCUT2D eigenvalue weighted by Gasteiger charge is -2.24. The zero-order valence-corrected chi connectivity index (χ0v) is 11.6. The maximum Gasteiger partial charge on any atom is 0.0424 e. The second-order valence-electron chi connectivity index (χ2n) is 5.26. The van der Waals surface area contributed by atoms with Crippen LogP contribution in [-0.4, -0.2) is 25.0 Å². The number of likely N-dealkylation sites (N-methyl/N-ethyl adjacent to an activating group) is 1. The lowest BCUT2D eigenvalue weighted by atomic mass is 10.0. The molecule has 0 radical (unpaired) electrons. The molecule has 1 aromatic rings. The van der Waals surface area contributed by atoms with E-state index in [2.05, 4.69) is 57.0 Å². The quantitative estimate of drug-likeness (QED) is 0.820. The van der Waals surface area contributed by atoms with Gasteiger partial charge in [-0.05, 0) is 25.5 Å². The topological polar surface area (TPSA) is 29.3 Å². The van der Waals surface area contributed by atoms with Crippen molar-refractivity contribution in [3.63, 3.8) is 0 Å². The van der Waals surface area contributed by atoms with Crippen molar-refractivity contribution in [2.45, 2.75) is 33.2 Å². The van der Waals surface area contributed by atoms with Gasteiger partial charge in [0.2, 0.25) is 0 Å². The number of hydrogen-bond donors (Lipinski definition) is 1. The van der Waals surface area contributed by atoms with Gasteiger partial charge < -0.3 is 10.6 Å². The van der Waals surface area contributed by atoms with Crippen molar-refractivity contribution < 1.29 is 0 Å². The molecular formula is C15H26N2. The average Bonchev–Trinajstić information content (AvgIpc) is 2.28. The van der Waals surface area contributed by atoms with Gasteiger partial charge in [-0.15, -0.1) is 0 Å². The maximum absolute atomic E-state index is 6.24. The van der Waals surface area contributed by atoms with E-state index in [1.807, 2.05) is 0 Å². The van der Waals surface area contributed by atoms with E-state index in [4.69, 9.17) is 5.73 Å². The van der Waals surface area contributed by atoms with E-state index in [1.54, 1.807) is 0 Å². The summed E-state index contributed by atoms with van der Waals surface area (Å²) in [4.78, 5) is 2.33. The highest BCUT2D eigenvalue weighted by atomic mass is 15.1. The highest BCUT2D eigenvalue weighted by Gasteiger charge is 2.11. The molecule has 1 aromatic carbocycles. The Morgan fingerprint density at radius 2 is 2.00 bits per heavy atom. The summed E-state index contributed by atoms with van der Waals surface area (Å²) in [5.74, 6) is 0.740. The molecule has 2 N–H and O–H groups in total. The Kier molecular flexibility index (Phi) is 5.66. The number of hydrogen-bond acceptors (Lipinski definition) is 2. The third kappa shape index (κ3) is 4.88. The van der Waals surface area contributed by atoms with E-state index in [9.17, 15) is 0 Å². The van der Waals surface area contributed by atoms with Crippen LogP contribution in [0.1, 0.15) is 37.4 Å². The number of nitrogens with two attached hydrogens (primary N) is 1. The Morgan fingerprint density at radius 3 is 2.59 bits per heavy atom. The first kappa shape index (κ1) is 14.2. The van der Waals surface area contributed by atoms with Crippen LogP contribution >= 0.6 is 0 Å². The van der Waals surface area contributed by atoms with E-state index < -0.39 is 0 Å². The van der Waals surface area contributed by atoms with Crippen LogP contribution in [0, 0.1) is 12.8 Å². The zero-order valence-electron chi connectivity index (χ0n) is 11.6. The molecule has 0 heterocycles. The van der Waals surface area contributed by atoms with Gasteiger partial charge in [-0.1, -0.05) is 50.1 Å². The third-order valence-electron chi connectivity index (χ3n) is 3.30. The number of rotatable bonds is 6. The molecule has 17 heavy (non-hydrogen) atoms. The third-order valence-corrected chi connectivity index (χ3v) is 3.30. The van der Waals surface area contributed by atoms with Crippen LogP contribution in [0.5, 0.6) is 0 Å². The number of aryl methyl sites for hydroxylation is 1. The minimum atomic E-state index is 0.115. The number of nitrogens with zero attached hydrogens (tertiary/aromatic N) is 1. The van der Waals surface area contributed by atoms with E-state index in [0.29, 0.717) is 0 Å². The van der Waals surface area contributed by atoms with Crippen molar-refractivity contribution in [1.82, 2.24) is 4.90 Å². The monoisotopic (exact) mass is 234 g/mol. The molecule has 2 unspecified atom stereocenters. The summed E-state index contributed by atoms with van der Waals surface area (Å²) in [6, 6.07) is 8.61. The first-order valence-corrected chi connectivity index (χ1v) is 6.53.